The highest BCUT2D eigenvalue weighted by atomic mass is 19.1. The van der Waals surface area contributed by atoms with E-state index < -0.39 is 0 Å². The topological polar surface area (TPSA) is 61.8 Å². The van der Waals surface area contributed by atoms with Crippen LogP contribution < -0.4 is 4.90 Å². The number of carbonyl (C=O) groups excluding carboxylic acids is 1. The van der Waals surface area contributed by atoms with E-state index in [9.17, 15) is 9.18 Å². The lowest BCUT2D eigenvalue weighted by atomic mass is 9.74. The van der Waals surface area contributed by atoms with Crippen LogP contribution >= 0.6 is 0 Å². The quantitative estimate of drug-likeness (QED) is 0.727. The van der Waals surface area contributed by atoms with Gasteiger partial charge in [-0.3, -0.25) is 0 Å². The minimum absolute atomic E-state index is 0.0846. The molecule has 0 aliphatic carbocycles. The normalized spacial score (nSPS) is 21.1. The summed E-state index contributed by atoms with van der Waals surface area (Å²) >= 11 is 0. The van der Waals surface area contributed by atoms with Crippen molar-refractivity contribution in [1.29, 1.82) is 0 Å². The van der Waals surface area contributed by atoms with Crippen molar-refractivity contribution >= 4 is 17.7 Å². The summed E-state index contributed by atoms with van der Waals surface area (Å²) < 4.78 is 19.4. The zero-order valence-corrected chi connectivity index (χ0v) is 18.5. The Kier molecular flexibility index (Phi) is 5.71. The van der Waals surface area contributed by atoms with Gasteiger partial charge in [-0.1, -0.05) is 0 Å². The van der Waals surface area contributed by atoms with Crippen LogP contribution in [0.15, 0.2) is 36.7 Å². The van der Waals surface area contributed by atoms with Crippen LogP contribution in [0.4, 0.5) is 20.8 Å². The highest BCUT2D eigenvalue weighted by molar-refractivity contribution is 5.69. The third kappa shape index (κ3) is 3.81. The van der Waals surface area contributed by atoms with E-state index >= 15 is 0 Å². The van der Waals surface area contributed by atoms with Gasteiger partial charge in [0.2, 0.25) is 5.95 Å². The molecule has 1 aromatic heterocycles. The Hall–Kier alpha value is -2.74. The Labute approximate surface area is 188 Å². The lowest BCUT2D eigenvalue weighted by molar-refractivity contribution is 0.0581. The fourth-order valence-electron chi connectivity index (χ4n) is 5.62. The largest absolute Gasteiger partial charge is 0.450 e. The molecule has 32 heavy (non-hydrogen) atoms. The van der Waals surface area contributed by atoms with Gasteiger partial charge in [0.1, 0.15) is 5.82 Å². The maximum Gasteiger partial charge on any atom is 0.409 e. The van der Waals surface area contributed by atoms with Gasteiger partial charge in [0.05, 0.1) is 6.61 Å². The van der Waals surface area contributed by atoms with Gasteiger partial charge in [-0.25, -0.2) is 19.2 Å². The Morgan fingerprint density at radius 1 is 1.16 bits per heavy atom. The van der Waals surface area contributed by atoms with Crippen LogP contribution in [0.25, 0.3) is 0 Å². The zero-order valence-electron chi connectivity index (χ0n) is 18.5. The Morgan fingerprint density at radius 2 is 1.88 bits per heavy atom. The molecule has 170 valence electrons. The molecule has 8 heteroatoms. The van der Waals surface area contributed by atoms with Crippen molar-refractivity contribution in [2.75, 3.05) is 44.2 Å². The van der Waals surface area contributed by atoms with Gasteiger partial charge in [-0.15, -0.1) is 0 Å². The lowest BCUT2D eigenvalue weighted by Crippen LogP contribution is -2.52. The van der Waals surface area contributed by atoms with E-state index in [4.69, 9.17) is 4.74 Å². The fraction of sp³-hybridized carbons (Fsp3) is 0.542. The molecule has 7 nitrogen and oxygen atoms in total. The second kappa shape index (κ2) is 8.65. The summed E-state index contributed by atoms with van der Waals surface area (Å²) in [6, 6.07) is 7.41. The fourth-order valence-corrected chi connectivity index (χ4v) is 5.62. The molecule has 0 unspecified atom stereocenters. The Balaban J connectivity index is 1.28. The van der Waals surface area contributed by atoms with E-state index in [-0.39, 0.29) is 17.3 Å². The molecule has 0 atom stereocenters. The maximum atomic E-state index is 14.3. The summed E-state index contributed by atoms with van der Waals surface area (Å²) in [6.07, 6.45) is 7.21. The predicted octanol–water partition coefficient (Wildman–Crippen LogP) is 3.72. The van der Waals surface area contributed by atoms with E-state index in [2.05, 4.69) is 19.8 Å². The second-order valence-electron chi connectivity index (χ2n) is 9.03. The van der Waals surface area contributed by atoms with Gasteiger partial charge in [0.15, 0.2) is 0 Å². The number of nitrogens with zero attached hydrogens (tertiary/aromatic N) is 5. The minimum Gasteiger partial charge on any atom is -0.450 e. The Morgan fingerprint density at radius 3 is 2.56 bits per heavy atom. The molecule has 0 bridgehead atoms. The van der Waals surface area contributed by atoms with Crippen molar-refractivity contribution in [2.24, 2.45) is 0 Å². The molecular formula is C24H30FN5O2. The smallest absolute Gasteiger partial charge is 0.409 e. The molecule has 2 fully saturated rings. The van der Waals surface area contributed by atoms with Gasteiger partial charge >= 0.3 is 6.09 Å². The number of halogens is 1. The highest BCUT2D eigenvalue weighted by Crippen LogP contribution is 2.49. The van der Waals surface area contributed by atoms with Gasteiger partial charge in [0, 0.05) is 49.2 Å². The molecule has 3 aliphatic rings. The summed E-state index contributed by atoms with van der Waals surface area (Å²) in [7, 11) is 0. The molecule has 2 saturated heterocycles. The molecule has 1 aromatic carbocycles. The average Bonchev–Trinajstić information content (AvgIpc) is 3.13. The molecular weight excluding hydrogens is 409 g/mol. The molecule has 5 rings (SSSR count). The van der Waals surface area contributed by atoms with E-state index in [0.29, 0.717) is 18.6 Å². The first-order chi connectivity index (χ1) is 15.6. The molecule has 0 radical (unpaired) electrons. The summed E-state index contributed by atoms with van der Waals surface area (Å²) in [6.45, 7) is 6.49. The number of carbonyl (C=O) groups is 1. The summed E-state index contributed by atoms with van der Waals surface area (Å²) in [5, 5.41) is 0. The van der Waals surface area contributed by atoms with Crippen molar-refractivity contribution in [3.8, 4) is 0 Å². The van der Waals surface area contributed by atoms with Crippen LogP contribution in [0.3, 0.4) is 0 Å². The monoisotopic (exact) mass is 439 g/mol. The number of piperidine rings is 2. The highest BCUT2D eigenvalue weighted by Gasteiger charge is 2.46. The van der Waals surface area contributed by atoms with Gasteiger partial charge in [0.25, 0.3) is 0 Å². The van der Waals surface area contributed by atoms with E-state index in [1.165, 1.54) is 6.07 Å². The number of ether oxygens (including phenoxy) is 1. The van der Waals surface area contributed by atoms with Gasteiger partial charge in [-0.05, 0) is 75.5 Å². The molecule has 0 N–H and O–H groups in total. The van der Waals surface area contributed by atoms with Gasteiger partial charge in [-0.2, -0.15) is 0 Å². The standard InChI is InChI=1S/C24H30FN5O2/c1-2-32-23(31)29-12-6-19(7-13-29)28-14-8-24(9-15-28)17-30(22-26-10-3-11-27-22)21-5-4-18(25)16-20(21)24/h3-5,10-11,16,19H,2,6-9,12-15,17H2,1H3. The molecule has 4 heterocycles. The summed E-state index contributed by atoms with van der Waals surface area (Å²) in [5.74, 6) is 0.485. The van der Waals surface area contributed by atoms with E-state index in [1.54, 1.807) is 18.5 Å². The van der Waals surface area contributed by atoms with Crippen molar-refractivity contribution in [3.63, 3.8) is 0 Å². The number of likely N-dealkylation sites (tertiary alicyclic amines) is 2. The average molecular weight is 440 g/mol. The third-order valence-electron chi connectivity index (χ3n) is 7.34. The first-order valence-electron chi connectivity index (χ1n) is 11.6. The van der Waals surface area contributed by atoms with Crippen LogP contribution in [-0.2, 0) is 10.2 Å². The molecule has 1 spiro atoms. The maximum absolute atomic E-state index is 14.3. The minimum atomic E-state index is -0.198. The number of rotatable bonds is 3. The van der Waals surface area contributed by atoms with Crippen LogP contribution in [-0.4, -0.2) is 71.2 Å². The van der Waals surface area contributed by atoms with Crippen molar-refractivity contribution in [3.05, 3.63) is 48.0 Å². The number of hydrogen-bond donors (Lipinski definition) is 0. The van der Waals surface area contributed by atoms with E-state index in [1.807, 2.05) is 24.0 Å². The zero-order chi connectivity index (χ0) is 22.1. The molecule has 0 saturated carbocycles. The van der Waals surface area contributed by atoms with Crippen LogP contribution in [0.5, 0.6) is 0 Å². The number of anilines is 2. The Bertz CT molecular complexity index is 956. The third-order valence-corrected chi connectivity index (χ3v) is 7.34. The number of fused-ring (bicyclic) bond motifs is 2. The number of aromatic nitrogens is 2. The van der Waals surface area contributed by atoms with Crippen LogP contribution in [0, 0.1) is 5.82 Å². The van der Waals surface area contributed by atoms with Gasteiger partial charge < -0.3 is 19.4 Å². The molecule has 2 aromatic rings. The van der Waals surface area contributed by atoms with E-state index in [0.717, 1.165) is 69.7 Å². The van der Waals surface area contributed by atoms with Crippen molar-refractivity contribution in [2.45, 2.75) is 44.1 Å². The van der Waals surface area contributed by atoms with Crippen LogP contribution in [0.2, 0.25) is 0 Å². The van der Waals surface area contributed by atoms with Crippen molar-refractivity contribution in [1.82, 2.24) is 19.8 Å². The van der Waals surface area contributed by atoms with Crippen LogP contribution in [0.1, 0.15) is 38.2 Å². The van der Waals surface area contributed by atoms with Crippen molar-refractivity contribution < 1.29 is 13.9 Å². The molecule has 1 amide bonds. The first-order valence-corrected chi connectivity index (χ1v) is 11.6. The summed E-state index contributed by atoms with van der Waals surface area (Å²) in [4.78, 5) is 27.4. The predicted molar refractivity (Wildman–Crippen MR) is 120 cm³/mol. The SMILES string of the molecule is CCOC(=O)N1CCC(N2CCC3(CC2)CN(c2ncccn2)c2ccc(F)cc23)CC1. The number of amides is 1. The summed E-state index contributed by atoms with van der Waals surface area (Å²) in [5.41, 5.74) is 2.02. The first kappa shape index (κ1) is 21.1. The molecule has 3 aliphatic heterocycles. The lowest BCUT2D eigenvalue weighted by Gasteiger charge is -2.45. The number of hydrogen-bond acceptors (Lipinski definition) is 6. The second-order valence-corrected chi connectivity index (χ2v) is 9.03. The number of benzene rings is 1.